The Balaban J connectivity index is -0.0000000455. The summed E-state index contributed by atoms with van der Waals surface area (Å²) in [5, 5.41) is 0. The van der Waals surface area contributed by atoms with E-state index in [9.17, 15) is 0 Å². The van der Waals surface area contributed by atoms with Crippen molar-refractivity contribution in [2.45, 2.75) is 137 Å². The Bertz CT molecular complexity index is 550. The first-order valence-electron chi connectivity index (χ1n) is 14.0. The molecule has 1 fully saturated rings. The molecule has 1 saturated carbocycles. The molecule has 0 heterocycles. The second-order valence-corrected chi connectivity index (χ2v) is 8.61. The van der Waals surface area contributed by atoms with Crippen molar-refractivity contribution in [1.82, 2.24) is 0 Å². The molecule has 0 aliphatic heterocycles. The maximum absolute atomic E-state index is 4.00. The molecule has 0 N–H and O–H groups in total. The lowest BCUT2D eigenvalue weighted by Gasteiger charge is -1.94. The largest absolute Gasteiger partial charge is 0.124 e. The van der Waals surface area contributed by atoms with Crippen molar-refractivity contribution in [3.8, 4) is 12.8 Å². The molecule has 0 heteroatoms. The molecule has 0 aromatic rings. The molecule has 0 radical (unpaired) electrons. The van der Waals surface area contributed by atoms with Crippen molar-refractivity contribution in [2.24, 2.45) is 5.92 Å². The van der Waals surface area contributed by atoms with Crippen LogP contribution in [0.4, 0.5) is 0 Å². The van der Waals surface area contributed by atoms with Gasteiger partial charge in [0.25, 0.3) is 0 Å². The van der Waals surface area contributed by atoms with Gasteiger partial charge in [-0.15, -0.1) is 19.4 Å². The van der Waals surface area contributed by atoms with Crippen LogP contribution >= 0.6 is 0 Å². The number of allylic oxidation sites excluding steroid dienone is 11. The van der Waals surface area contributed by atoms with Crippen LogP contribution in [0.3, 0.4) is 0 Å². The third-order valence-corrected chi connectivity index (χ3v) is 3.06. The summed E-state index contributed by atoms with van der Waals surface area (Å²) in [7, 11) is 0. The maximum Gasteiger partial charge on any atom is -0.0398 e. The van der Waals surface area contributed by atoms with Gasteiger partial charge in [-0.3, -0.25) is 0 Å². The average molecular weight is 517 g/mol. The molecule has 0 saturated heterocycles. The molecule has 0 aromatic carbocycles. The monoisotopic (exact) mass is 517 g/mol. The Labute approximate surface area is 239 Å². The second-order valence-electron chi connectivity index (χ2n) is 8.61. The molecule has 220 valence electrons. The zero-order chi connectivity index (χ0) is 31.8. The Hall–Kier alpha value is -2.26. The molecular formula is C37H72. The highest BCUT2D eigenvalue weighted by molar-refractivity contribution is 5.26. The zero-order valence-corrected chi connectivity index (χ0v) is 28.9. The van der Waals surface area contributed by atoms with Crippen LogP contribution in [0.25, 0.3) is 0 Å². The van der Waals surface area contributed by atoms with E-state index in [1.807, 2.05) is 100 Å². The van der Waals surface area contributed by atoms with Gasteiger partial charge in [0.1, 0.15) is 0 Å². The van der Waals surface area contributed by atoms with Gasteiger partial charge in [-0.2, -0.15) is 0 Å². The standard InChI is InChI=1S/C10H16.C6H10.3C4H8.C3H8.2C2H6.C2H2/c1-8(2)6-7-10(5)9(3)4;1-4-5-6(2)3;1-4-2-3-4;1-4(2)3;1-3-4-2;1-3-2;3*1-2/h6-7H,1H2,2-5H3;4-5H,1H2,2-3H3;4H,2-3H2,1H3;1H2,2-3H3;3-4H,1-2H3;3H2,1-2H3;2*1-2H3;1-2H/b7-6-;;;;4-3-;;;;. The van der Waals surface area contributed by atoms with Crippen LogP contribution < -0.4 is 0 Å². The van der Waals surface area contributed by atoms with E-state index in [-0.39, 0.29) is 0 Å². The van der Waals surface area contributed by atoms with E-state index in [1.165, 1.54) is 41.6 Å². The summed E-state index contributed by atoms with van der Waals surface area (Å²) in [6.07, 6.45) is 24.1. The second kappa shape index (κ2) is 59.1. The fraction of sp³-hybridized carbons (Fsp3) is 0.568. The summed E-state index contributed by atoms with van der Waals surface area (Å²) in [6.45, 7) is 45.7. The highest BCUT2D eigenvalue weighted by Gasteiger charge is 2.12. The highest BCUT2D eigenvalue weighted by Crippen LogP contribution is 2.26. The van der Waals surface area contributed by atoms with Crippen LogP contribution in [-0.2, 0) is 0 Å². The van der Waals surface area contributed by atoms with Crippen LogP contribution in [-0.4, -0.2) is 0 Å². The lowest BCUT2D eigenvalue weighted by Crippen LogP contribution is -1.73. The fourth-order valence-corrected chi connectivity index (χ4v) is 0.836. The van der Waals surface area contributed by atoms with Gasteiger partial charge in [-0.1, -0.05) is 145 Å². The van der Waals surface area contributed by atoms with Crippen LogP contribution in [0.1, 0.15) is 137 Å². The molecule has 1 aliphatic carbocycles. The van der Waals surface area contributed by atoms with Crippen molar-refractivity contribution in [2.75, 3.05) is 0 Å². The molecule has 0 atom stereocenters. The lowest BCUT2D eigenvalue weighted by molar-refractivity contribution is 0.983. The normalized spacial score (nSPS) is 9.27. The van der Waals surface area contributed by atoms with E-state index in [2.05, 4.69) is 80.2 Å². The van der Waals surface area contributed by atoms with E-state index in [1.54, 1.807) is 6.08 Å². The molecule has 0 amide bonds. The number of rotatable bonds is 3. The molecule has 0 nitrogen and oxygen atoms in total. The Morgan fingerprint density at radius 3 is 1.11 bits per heavy atom. The highest BCUT2D eigenvalue weighted by atomic mass is 14.2. The lowest BCUT2D eigenvalue weighted by atomic mass is 10.1. The van der Waals surface area contributed by atoms with E-state index in [0.29, 0.717) is 0 Å². The predicted molar refractivity (Wildman–Crippen MR) is 186 cm³/mol. The first-order valence-corrected chi connectivity index (χ1v) is 14.0. The Morgan fingerprint density at radius 2 is 1.03 bits per heavy atom. The van der Waals surface area contributed by atoms with Gasteiger partial charge in [0.05, 0.1) is 0 Å². The molecule has 1 rings (SSSR count). The molecule has 0 bridgehead atoms. The summed E-state index contributed by atoms with van der Waals surface area (Å²) in [6, 6.07) is 0. The predicted octanol–water partition coefficient (Wildman–Crippen LogP) is 13.9. The first-order chi connectivity index (χ1) is 17.3. The van der Waals surface area contributed by atoms with Gasteiger partial charge in [0, 0.05) is 0 Å². The summed E-state index contributed by atoms with van der Waals surface area (Å²) >= 11 is 0. The summed E-state index contributed by atoms with van der Waals surface area (Å²) in [5.41, 5.74) is 6.24. The Morgan fingerprint density at radius 1 is 0.757 bits per heavy atom. The molecule has 1 aliphatic rings. The summed E-state index contributed by atoms with van der Waals surface area (Å²) in [5.74, 6) is 1.08. The quantitative estimate of drug-likeness (QED) is 0.199. The van der Waals surface area contributed by atoms with Crippen molar-refractivity contribution in [1.29, 1.82) is 0 Å². The minimum absolute atomic E-state index is 1.08. The minimum atomic E-state index is 1.08. The number of hydrogen-bond donors (Lipinski definition) is 0. The van der Waals surface area contributed by atoms with Crippen LogP contribution in [0, 0.1) is 18.8 Å². The van der Waals surface area contributed by atoms with Gasteiger partial charge in [-0.05, 0) is 75.2 Å². The Kier molecular flexibility index (Phi) is 88.3. The van der Waals surface area contributed by atoms with Crippen molar-refractivity contribution in [3.05, 3.63) is 84.1 Å². The zero-order valence-electron chi connectivity index (χ0n) is 28.9. The summed E-state index contributed by atoms with van der Waals surface area (Å²) < 4.78 is 0. The third kappa shape index (κ3) is 180. The molecular weight excluding hydrogens is 444 g/mol. The molecule has 37 heavy (non-hydrogen) atoms. The van der Waals surface area contributed by atoms with Gasteiger partial charge in [0.2, 0.25) is 0 Å². The third-order valence-electron chi connectivity index (χ3n) is 3.06. The smallest absolute Gasteiger partial charge is 0.0398 e. The number of hydrogen-bond acceptors (Lipinski definition) is 0. The maximum atomic E-state index is 4.00. The number of terminal acetylenes is 1. The van der Waals surface area contributed by atoms with E-state index in [4.69, 9.17) is 0 Å². The van der Waals surface area contributed by atoms with Crippen molar-refractivity contribution in [3.63, 3.8) is 0 Å². The van der Waals surface area contributed by atoms with Crippen molar-refractivity contribution >= 4 is 0 Å². The van der Waals surface area contributed by atoms with Crippen LogP contribution in [0.2, 0.25) is 0 Å². The van der Waals surface area contributed by atoms with Crippen molar-refractivity contribution < 1.29 is 0 Å². The minimum Gasteiger partial charge on any atom is -0.124 e. The van der Waals surface area contributed by atoms with E-state index < -0.39 is 0 Å². The van der Waals surface area contributed by atoms with Gasteiger partial charge >= 0.3 is 0 Å². The topological polar surface area (TPSA) is 0 Å². The molecule has 0 spiro atoms. The SMILES string of the molecule is C#C.C/C=C\C.C=C(C)/C=C\C(C)=C(C)C.C=C(C)C.C=CC=C(C)C.CC.CC.CC1CC1.CCC. The average Bonchev–Trinajstić information content (AvgIpc) is 3.64. The van der Waals surface area contributed by atoms with Gasteiger partial charge in [-0.25, -0.2) is 0 Å². The fourth-order valence-electron chi connectivity index (χ4n) is 0.836. The van der Waals surface area contributed by atoms with E-state index >= 15 is 0 Å². The van der Waals surface area contributed by atoms with Gasteiger partial charge < -0.3 is 0 Å². The molecule has 0 aromatic heterocycles. The van der Waals surface area contributed by atoms with E-state index in [0.717, 1.165) is 11.5 Å². The summed E-state index contributed by atoms with van der Waals surface area (Å²) in [4.78, 5) is 0. The molecule has 0 unspecified atom stereocenters. The van der Waals surface area contributed by atoms with Gasteiger partial charge in [0.15, 0.2) is 0 Å². The van der Waals surface area contributed by atoms with Crippen LogP contribution in [0.5, 0.6) is 0 Å². The first kappa shape index (κ1) is 55.3. The van der Waals surface area contributed by atoms with Crippen LogP contribution in [0.15, 0.2) is 84.1 Å².